The number of piperazine rings is 1. The molecule has 0 aliphatic carbocycles. The molecule has 1 fully saturated rings. The molecule has 1 amide bonds. The Bertz CT molecular complexity index is 786. The first-order chi connectivity index (χ1) is 13.0. The van der Waals surface area contributed by atoms with Crippen molar-refractivity contribution in [2.24, 2.45) is 0 Å². The monoisotopic (exact) mass is 453 g/mol. The third-order valence-electron chi connectivity index (χ3n) is 4.54. The molecular formula is C19H24BrN3O3S. The highest BCUT2D eigenvalue weighted by molar-refractivity contribution is 9.10. The van der Waals surface area contributed by atoms with E-state index in [4.69, 9.17) is 4.42 Å². The molecule has 1 atom stereocenters. The summed E-state index contributed by atoms with van der Waals surface area (Å²) in [5.41, 5.74) is 0. The molecule has 1 aliphatic rings. The number of hydrogen-bond acceptors (Lipinski definition) is 5. The van der Waals surface area contributed by atoms with Gasteiger partial charge in [0.2, 0.25) is 0 Å². The average Bonchev–Trinajstić information content (AvgIpc) is 3.12. The molecule has 146 valence electrons. The Hall–Kier alpha value is -1.48. The molecule has 8 heteroatoms. The zero-order valence-electron chi connectivity index (χ0n) is 15.3. The van der Waals surface area contributed by atoms with Crippen molar-refractivity contribution in [2.45, 2.75) is 10.6 Å². The molecule has 1 aromatic heterocycles. The largest absolute Gasteiger partial charge is 0.455 e. The second-order valence-electron chi connectivity index (χ2n) is 6.61. The van der Waals surface area contributed by atoms with Gasteiger partial charge in [-0.2, -0.15) is 0 Å². The van der Waals surface area contributed by atoms with E-state index < -0.39 is 10.8 Å². The molecule has 1 unspecified atom stereocenters. The Balaban J connectivity index is 1.46. The first-order valence-electron chi connectivity index (χ1n) is 8.93. The molecule has 1 aliphatic heterocycles. The van der Waals surface area contributed by atoms with Gasteiger partial charge in [-0.3, -0.25) is 13.9 Å². The van der Waals surface area contributed by atoms with Crippen molar-refractivity contribution >= 4 is 32.6 Å². The number of furan rings is 1. The van der Waals surface area contributed by atoms with Gasteiger partial charge >= 0.3 is 0 Å². The smallest absolute Gasteiger partial charge is 0.287 e. The lowest BCUT2D eigenvalue weighted by molar-refractivity contribution is 0.0912. The van der Waals surface area contributed by atoms with Gasteiger partial charge in [-0.15, -0.1) is 0 Å². The molecule has 0 spiro atoms. The van der Waals surface area contributed by atoms with Crippen molar-refractivity contribution in [1.82, 2.24) is 15.1 Å². The lowest BCUT2D eigenvalue weighted by Crippen LogP contribution is -2.46. The molecule has 6 nitrogen and oxygen atoms in total. The van der Waals surface area contributed by atoms with Gasteiger partial charge in [-0.25, -0.2) is 0 Å². The van der Waals surface area contributed by atoms with Gasteiger partial charge in [0, 0.05) is 48.6 Å². The number of amides is 1. The third-order valence-corrected chi connectivity index (χ3v) is 6.42. The molecule has 2 aromatic rings. The predicted octanol–water partition coefficient (Wildman–Crippen LogP) is 2.33. The van der Waals surface area contributed by atoms with Crippen molar-refractivity contribution < 1.29 is 13.4 Å². The van der Waals surface area contributed by atoms with Gasteiger partial charge in [0.1, 0.15) is 5.76 Å². The summed E-state index contributed by atoms with van der Waals surface area (Å²) in [5, 5.41) is 2.89. The van der Waals surface area contributed by atoms with Crippen molar-refractivity contribution in [3.63, 3.8) is 0 Å². The third kappa shape index (κ3) is 6.00. The fraction of sp³-hybridized carbons (Fsp3) is 0.421. The fourth-order valence-electron chi connectivity index (χ4n) is 2.86. The molecule has 1 aromatic carbocycles. The van der Waals surface area contributed by atoms with Gasteiger partial charge in [0.25, 0.3) is 5.91 Å². The first-order valence-corrected chi connectivity index (χ1v) is 11.0. The molecule has 2 heterocycles. The molecule has 1 saturated heterocycles. The Morgan fingerprint density at radius 3 is 2.56 bits per heavy atom. The Kier molecular flexibility index (Phi) is 7.23. The first kappa shape index (κ1) is 20.3. The standard InChI is InChI=1S/C19H24BrN3O3S/c1-22-10-12-23(13-11-22)9-8-21-19(24)18-7-4-16(26-18)14-27(25)17-5-2-15(20)3-6-17/h2-7H,8-14H2,1H3,(H,21,24). The Morgan fingerprint density at radius 2 is 1.85 bits per heavy atom. The molecule has 0 saturated carbocycles. The van der Waals surface area contributed by atoms with Crippen LogP contribution >= 0.6 is 15.9 Å². The highest BCUT2D eigenvalue weighted by Gasteiger charge is 2.16. The van der Waals surface area contributed by atoms with Crippen molar-refractivity contribution in [2.75, 3.05) is 46.3 Å². The number of halogens is 1. The lowest BCUT2D eigenvalue weighted by atomic mass is 10.3. The number of hydrogen-bond donors (Lipinski definition) is 1. The van der Waals surface area contributed by atoms with Gasteiger partial charge < -0.3 is 14.6 Å². The number of carbonyl (C=O) groups is 1. The lowest BCUT2D eigenvalue weighted by Gasteiger charge is -2.32. The topological polar surface area (TPSA) is 65.8 Å². The maximum Gasteiger partial charge on any atom is 0.287 e. The van der Waals surface area contributed by atoms with E-state index in [1.807, 2.05) is 24.3 Å². The number of carbonyl (C=O) groups excluding carboxylic acids is 1. The van der Waals surface area contributed by atoms with Crippen LogP contribution in [0.4, 0.5) is 0 Å². The highest BCUT2D eigenvalue weighted by atomic mass is 79.9. The van der Waals surface area contributed by atoms with E-state index in [9.17, 15) is 9.00 Å². The number of nitrogens with zero attached hydrogens (tertiary/aromatic N) is 2. The summed E-state index contributed by atoms with van der Waals surface area (Å²) in [5.74, 6) is 0.817. The van der Waals surface area contributed by atoms with E-state index in [1.54, 1.807) is 12.1 Å². The second-order valence-corrected chi connectivity index (χ2v) is 8.98. The summed E-state index contributed by atoms with van der Waals surface area (Å²) in [7, 11) is 0.911. The predicted molar refractivity (Wildman–Crippen MR) is 109 cm³/mol. The van der Waals surface area contributed by atoms with Gasteiger partial charge in [0.05, 0.1) is 16.6 Å². The van der Waals surface area contributed by atoms with Crippen LogP contribution in [0.3, 0.4) is 0 Å². The van der Waals surface area contributed by atoms with E-state index in [0.717, 1.165) is 42.1 Å². The van der Waals surface area contributed by atoms with E-state index in [1.165, 1.54) is 0 Å². The molecule has 27 heavy (non-hydrogen) atoms. The van der Waals surface area contributed by atoms with E-state index in [-0.39, 0.29) is 17.4 Å². The number of rotatable bonds is 7. The van der Waals surface area contributed by atoms with Crippen LogP contribution in [0.5, 0.6) is 0 Å². The van der Waals surface area contributed by atoms with Crippen LogP contribution in [0.1, 0.15) is 16.3 Å². The summed E-state index contributed by atoms with van der Waals surface area (Å²) in [6.45, 7) is 5.60. The zero-order valence-corrected chi connectivity index (χ0v) is 17.7. The van der Waals surface area contributed by atoms with Gasteiger partial charge in [-0.05, 0) is 43.4 Å². The maximum absolute atomic E-state index is 12.4. The van der Waals surface area contributed by atoms with Gasteiger partial charge in [-0.1, -0.05) is 15.9 Å². The number of likely N-dealkylation sites (N-methyl/N-ethyl adjacent to an activating group) is 1. The van der Waals surface area contributed by atoms with Crippen LogP contribution in [0.25, 0.3) is 0 Å². The SMILES string of the molecule is CN1CCN(CCNC(=O)c2ccc(CS(=O)c3ccc(Br)cc3)o2)CC1. The van der Waals surface area contributed by atoms with Crippen LogP contribution in [0.15, 0.2) is 50.2 Å². The average molecular weight is 454 g/mol. The Morgan fingerprint density at radius 1 is 1.15 bits per heavy atom. The minimum Gasteiger partial charge on any atom is -0.455 e. The maximum atomic E-state index is 12.4. The summed E-state index contributed by atoms with van der Waals surface area (Å²) >= 11 is 3.36. The van der Waals surface area contributed by atoms with Crippen LogP contribution in [0.2, 0.25) is 0 Å². The molecule has 0 radical (unpaired) electrons. The number of nitrogens with one attached hydrogen (secondary N) is 1. The van der Waals surface area contributed by atoms with Crippen molar-refractivity contribution in [3.05, 3.63) is 52.4 Å². The van der Waals surface area contributed by atoms with E-state index >= 15 is 0 Å². The van der Waals surface area contributed by atoms with E-state index in [2.05, 4.69) is 38.1 Å². The van der Waals surface area contributed by atoms with E-state index in [0.29, 0.717) is 12.3 Å². The minimum atomic E-state index is -1.21. The van der Waals surface area contributed by atoms with Crippen LogP contribution in [0, 0.1) is 0 Å². The second kappa shape index (κ2) is 9.64. The molecular weight excluding hydrogens is 430 g/mol. The van der Waals surface area contributed by atoms with Crippen LogP contribution in [-0.4, -0.2) is 66.2 Å². The van der Waals surface area contributed by atoms with Crippen LogP contribution < -0.4 is 5.32 Å². The molecule has 1 N–H and O–H groups in total. The molecule has 0 bridgehead atoms. The summed E-state index contributed by atoms with van der Waals surface area (Å²) in [6, 6.07) is 10.7. The molecule has 3 rings (SSSR count). The summed E-state index contributed by atoms with van der Waals surface area (Å²) in [6.07, 6.45) is 0. The fourth-order valence-corrected chi connectivity index (χ4v) is 4.15. The van der Waals surface area contributed by atoms with Crippen molar-refractivity contribution in [3.8, 4) is 0 Å². The normalized spacial score (nSPS) is 17.0. The summed E-state index contributed by atoms with van der Waals surface area (Å²) in [4.78, 5) is 17.6. The van der Waals surface area contributed by atoms with Gasteiger partial charge in [0.15, 0.2) is 5.76 Å². The van der Waals surface area contributed by atoms with Crippen molar-refractivity contribution in [1.29, 1.82) is 0 Å². The quantitative estimate of drug-likeness (QED) is 0.696. The van der Waals surface area contributed by atoms with Crippen LogP contribution in [-0.2, 0) is 16.6 Å². The zero-order chi connectivity index (χ0) is 19.2. The highest BCUT2D eigenvalue weighted by Crippen LogP contribution is 2.17. The number of benzene rings is 1. The summed E-state index contributed by atoms with van der Waals surface area (Å²) < 4.78 is 18.9. The Labute approximate surface area is 170 Å². The minimum absolute atomic E-state index is 0.232.